The van der Waals surface area contributed by atoms with Crippen LogP contribution in [-0.2, 0) is 5.41 Å². The second kappa shape index (κ2) is 12.7. The van der Waals surface area contributed by atoms with E-state index in [0.717, 1.165) is 16.9 Å². The normalized spacial score (nSPS) is 13.6. The van der Waals surface area contributed by atoms with Gasteiger partial charge < -0.3 is 8.98 Å². The third-order valence-corrected chi connectivity index (χ3v) is 16.3. The Hall–Kier alpha value is -8.98. The lowest BCUT2D eigenvalue weighted by Gasteiger charge is -2.30. The van der Waals surface area contributed by atoms with E-state index in [1.54, 1.807) is 0 Å². The standard InChI is InChI=1S/C67H37NO/c1-2-14-42-41(13-1)43-30-27-39(38-28-31-45-49-19-11-25-61-64(49)65-50(53(45)35-38)20-12-26-62(65)69-61)36-54(43)55-37-40(29-32-44(42)55)68-60-24-10-6-17-48(60)51-33-34-59-63(66(51)68)52-18-5-9-23-58(52)67(59)56-21-7-3-15-46(56)47-16-4-8-22-57(47)67/h1-37H. The van der Waals surface area contributed by atoms with Crippen LogP contribution >= 0.6 is 0 Å². The number of benzene rings is 13. The minimum atomic E-state index is -0.430. The second-order valence-corrected chi connectivity index (χ2v) is 19.4. The van der Waals surface area contributed by atoms with Gasteiger partial charge in [-0.2, -0.15) is 0 Å². The average molecular weight is 872 g/mol. The molecule has 0 fully saturated rings. The van der Waals surface area contributed by atoms with Crippen molar-refractivity contribution in [2.75, 3.05) is 0 Å². The van der Waals surface area contributed by atoms with Gasteiger partial charge in [0, 0.05) is 32.8 Å². The minimum Gasteiger partial charge on any atom is -0.456 e. The highest BCUT2D eigenvalue weighted by Crippen LogP contribution is 2.64. The molecular weight excluding hydrogens is 835 g/mol. The monoisotopic (exact) mass is 871 g/mol. The molecule has 0 bridgehead atoms. The number of aromatic nitrogens is 1. The first-order valence-corrected chi connectivity index (χ1v) is 24.1. The molecular formula is C67H37NO. The van der Waals surface area contributed by atoms with Gasteiger partial charge >= 0.3 is 0 Å². The SMILES string of the molecule is c1ccc2c(c1)-c1ccccc1C21c2ccccc2-c2c1ccc1c3ccccc3n(-c3ccc4c5ccccc5c5ccc(-c6ccc7c(c6)c6cccc8oc9cccc7c9c86)cc5c4c3)c21. The summed E-state index contributed by atoms with van der Waals surface area (Å²) in [6.45, 7) is 0. The molecule has 15 aromatic rings. The first kappa shape index (κ1) is 36.2. The number of furan rings is 1. The minimum absolute atomic E-state index is 0.430. The molecule has 2 aliphatic carbocycles. The van der Waals surface area contributed by atoms with Crippen molar-refractivity contribution in [3.05, 3.63) is 247 Å². The van der Waals surface area contributed by atoms with Gasteiger partial charge in [0.1, 0.15) is 11.2 Å². The van der Waals surface area contributed by atoms with E-state index in [0.29, 0.717) is 0 Å². The van der Waals surface area contributed by atoms with Crippen molar-refractivity contribution in [3.8, 4) is 39.1 Å². The van der Waals surface area contributed by atoms with Gasteiger partial charge in [-0.15, -0.1) is 0 Å². The summed E-state index contributed by atoms with van der Waals surface area (Å²) < 4.78 is 8.97. The van der Waals surface area contributed by atoms with Gasteiger partial charge in [-0.25, -0.2) is 0 Å². The van der Waals surface area contributed by atoms with Crippen LogP contribution in [0.15, 0.2) is 229 Å². The fraction of sp³-hybridized carbons (Fsp3) is 0.0149. The first-order valence-electron chi connectivity index (χ1n) is 24.1. The van der Waals surface area contributed by atoms with Gasteiger partial charge in [-0.1, -0.05) is 182 Å². The van der Waals surface area contributed by atoms with Gasteiger partial charge in [0.05, 0.1) is 16.4 Å². The topological polar surface area (TPSA) is 18.1 Å². The van der Waals surface area contributed by atoms with Crippen molar-refractivity contribution in [1.82, 2.24) is 4.57 Å². The van der Waals surface area contributed by atoms with Crippen LogP contribution in [0.3, 0.4) is 0 Å². The zero-order valence-corrected chi connectivity index (χ0v) is 37.2. The molecule has 2 aromatic heterocycles. The molecule has 2 heterocycles. The highest BCUT2D eigenvalue weighted by molar-refractivity contribution is 6.33. The summed E-state index contributed by atoms with van der Waals surface area (Å²) in [5.41, 5.74) is 18.2. The number of rotatable bonds is 2. The smallest absolute Gasteiger partial charge is 0.136 e. The van der Waals surface area contributed by atoms with Crippen LogP contribution in [-0.4, -0.2) is 4.57 Å². The van der Waals surface area contributed by atoms with Gasteiger partial charge in [0.15, 0.2) is 0 Å². The molecule has 0 saturated carbocycles. The molecule has 0 unspecified atom stereocenters. The number of nitrogens with zero attached hydrogens (tertiary/aromatic N) is 1. The zero-order valence-electron chi connectivity index (χ0n) is 37.2. The number of hydrogen-bond donors (Lipinski definition) is 0. The largest absolute Gasteiger partial charge is 0.456 e. The third-order valence-electron chi connectivity index (χ3n) is 16.3. The molecule has 1 spiro atoms. The summed E-state index contributed by atoms with van der Waals surface area (Å²) in [6, 6.07) is 84.5. The van der Waals surface area contributed by atoms with Crippen LogP contribution in [0.4, 0.5) is 0 Å². The lowest BCUT2D eigenvalue weighted by Crippen LogP contribution is -2.25. The quantitative estimate of drug-likeness (QED) is 0.158. The van der Waals surface area contributed by atoms with Gasteiger partial charge in [-0.3, -0.25) is 0 Å². The molecule has 0 aliphatic heterocycles. The Morgan fingerprint density at radius 3 is 1.43 bits per heavy atom. The second-order valence-electron chi connectivity index (χ2n) is 19.4. The van der Waals surface area contributed by atoms with E-state index < -0.39 is 5.41 Å². The fourth-order valence-electron chi connectivity index (χ4n) is 13.7. The van der Waals surface area contributed by atoms with Crippen molar-refractivity contribution in [1.29, 1.82) is 0 Å². The first-order chi connectivity index (χ1) is 34.2. The van der Waals surface area contributed by atoms with Crippen molar-refractivity contribution in [2.24, 2.45) is 0 Å². The van der Waals surface area contributed by atoms with Crippen LogP contribution < -0.4 is 0 Å². The predicted octanol–water partition coefficient (Wildman–Crippen LogP) is 17.9. The zero-order chi connectivity index (χ0) is 44.7. The Morgan fingerprint density at radius 2 is 0.768 bits per heavy atom. The maximum Gasteiger partial charge on any atom is 0.136 e. The van der Waals surface area contributed by atoms with Crippen LogP contribution in [0.5, 0.6) is 0 Å². The fourth-order valence-corrected chi connectivity index (χ4v) is 13.7. The lowest BCUT2D eigenvalue weighted by molar-refractivity contribution is 0.669. The van der Waals surface area contributed by atoms with Crippen molar-refractivity contribution >= 4 is 97.6 Å². The van der Waals surface area contributed by atoms with E-state index in [2.05, 4.69) is 229 Å². The Morgan fingerprint density at radius 1 is 0.304 bits per heavy atom. The molecule has 17 rings (SSSR count). The average Bonchev–Trinajstić information content (AvgIpc) is 4.14. The predicted molar refractivity (Wildman–Crippen MR) is 289 cm³/mol. The summed E-state index contributed by atoms with van der Waals surface area (Å²) in [6.07, 6.45) is 0. The molecule has 0 N–H and O–H groups in total. The van der Waals surface area contributed by atoms with E-state index in [1.807, 2.05) is 0 Å². The van der Waals surface area contributed by atoms with E-state index in [-0.39, 0.29) is 0 Å². The van der Waals surface area contributed by atoms with E-state index in [9.17, 15) is 0 Å². The molecule has 2 aliphatic rings. The molecule has 0 amide bonds. The number of fused-ring (bicyclic) bond motifs is 23. The molecule has 69 heavy (non-hydrogen) atoms. The van der Waals surface area contributed by atoms with Crippen LogP contribution in [0.2, 0.25) is 0 Å². The van der Waals surface area contributed by atoms with Gasteiger partial charge in [0.25, 0.3) is 0 Å². The lowest BCUT2D eigenvalue weighted by atomic mass is 9.70. The summed E-state index contributed by atoms with van der Waals surface area (Å²) >= 11 is 0. The Bertz CT molecular complexity index is 4750. The molecule has 0 saturated heterocycles. The van der Waals surface area contributed by atoms with Crippen LogP contribution in [0.1, 0.15) is 22.3 Å². The van der Waals surface area contributed by atoms with Crippen molar-refractivity contribution in [2.45, 2.75) is 5.41 Å². The van der Waals surface area contributed by atoms with Gasteiger partial charge in [0.2, 0.25) is 0 Å². The summed E-state index contributed by atoms with van der Waals surface area (Å²) in [4.78, 5) is 0. The molecule has 2 nitrogen and oxygen atoms in total. The molecule has 0 radical (unpaired) electrons. The molecule has 0 atom stereocenters. The molecule has 2 heteroatoms. The highest BCUT2D eigenvalue weighted by atomic mass is 16.3. The highest BCUT2D eigenvalue weighted by Gasteiger charge is 2.52. The number of para-hydroxylation sites is 1. The summed E-state index contributed by atoms with van der Waals surface area (Å²) in [5.74, 6) is 0. The molecule has 13 aromatic carbocycles. The maximum absolute atomic E-state index is 6.39. The summed E-state index contributed by atoms with van der Waals surface area (Å²) in [7, 11) is 0. The van der Waals surface area contributed by atoms with E-state index in [1.165, 1.54) is 142 Å². The Balaban J connectivity index is 0.948. The van der Waals surface area contributed by atoms with Crippen molar-refractivity contribution in [3.63, 3.8) is 0 Å². The van der Waals surface area contributed by atoms with Gasteiger partial charge in [-0.05, 0) is 146 Å². The summed E-state index contributed by atoms with van der Waals surface area (Å²) in [5, 5.41) is 17.5. The maximum atomic E-state index is 6.39. The van der Waals surface area contributed by atoms with Crippen molar-refractivity contribution < 1.29 is 4.42 Å². The third kappa shape index (κ3) is 4.35. The van der Waals surface area contributed by atoms with Crippen LogP contribution in [0, 0.1) is 0 Å². The number of hydrogen-bond acceptors (Lipinski definition) is 1. The van der Waals surface area contributed by atoms with Crippen LogP contribution in [0.25, 0.3) is 137 Å². The van der Waals surface area contributed by atoms with E-state index >= 15 is 0 Å². The molecule has 316 valence electrons. The Kier molecular flexibility index (Phi) is 6.66. The van der Waals surface area contributed by atoms with E-state index in [4.69, 9.17) is 4.42 Å². The Labute approximate surface area is 395 Å².